The highest BCUT2D eigenvalue weighted by Crippen LogP contribution is 2.38. The van der Waals surface area contributed by atoms with Gasteiger partial charge in [0.1, 0.15) is 5.75 Å². The van der Waals surface area contributed by atoms with E-state index in [1.54, 1.807) is 24.3 Å². The lowest BCUT2D eigenvalue weighted by Gasteiger charge is -2.18. The number of likely N-dealkylation sites (tertiary alicyclic amines) is 1. The summed E-state index contributed by atoms with van der Waals surface area (Å²) < 4.78 is 0. The number of hydrogen-bond acceptors (Lipinski definition) is 3. The SMILES string of the molecule is O=C(O)Cc1ccc(O)c(-c2cccc(C(=O)N3C[C@H]4CCC[C@H]4C3)c2)c1. The number of fused-ring (bicyclic) bond motifs is 1. The summed E-state index contributed by atoms with van der Waals surface area (Å²) in [6.07, 6.45) is 3.61. The van der Waals surface area contributed by atoms with Crippen molar-refractivity contribution in [2.45, 2.75) is 25.7 Å². The number of carbonyl (C=O) groups is 2. The van der Waals surface area contributed by atoms with Gasteiger partial charge in [-0.2, -0.15) is 0 Å². The monoisotopic (exact) mass is 365 g/mol. The quantitative estimate of drug-likeness (QED) is 0.868. The fourth-order valence-electron chi connectivity index (χ4n) is 4.50. The summed E-state index contributed by atoms with van der Waals surface area (Å²) in [5.41, 5.74) is 2.47. The fraction of sp³-hybridized carbons (Fsp3) is 0.364. The Kier molecular flexibility index (Phi) is 4.60. The van der Waals surface area contributed by atoms with E-state index in [4.69, 9.17) is 5.11 Å². The number of rotatable bonds is 4. The van der Waals surface area contributed by atoms with Crippen LogP contribution in [0.5, 0.6) is 5.75 Å². The first kappa shape index (κ1) is 17.6. The van der Waals surface area contributed by atoms with Crippen LogP contribution in [0.25, 0.3) is 11.1 Å². The van der Waals surface area contributed by atoms with E-state index in [0.717, 1.165) is 13.1 Å². The molecule has 4 rings (SSSR count). The molecule has 1 heterocycles. The Labute approximate surface area is 158 Å². The van der Waals surface area contributed by atoms with Gasteiger partial charge in [0.25, 0.3) is 5.91 Å². The van der Waals surface area contributed by atoms with E-state index in [2.05, 4.69) is 0 Å². The topological polar surface area (TPSA) is 77.8 Å². The summed E-state index contributed by atoms with van der Waals surface area (Å²) in [7, 11) is 0. The zero-order valence-electron chi connectivity index (χ0n) is 15.1. The molecule has 0 aromatic heterocycles. The van der Waals surface area contributed by atoms with Crippen molar-refractivity contribution >= 4 is 11.9 Å². The van der Waals surface area contributed by atoms with Gasteiger partial charge in [0, 0.05) is 24.2 Å². The predicted octanol–water partition coefficient (Wildman–Crippen LogP) is 3.56. The zero-order chi connectivity index (χ0) is 19.0. The van der Waals surface area contributed by atoms with Crippen molar-refractivity contribution in [2.24, 2.45) is 11.8 Å². The van der Waals surface area contributed by atoms with E-state index in [9.17, 15) is 14.7 Å². The van der Waals surface area contributed by atoms with Crippen molar-refractivity contribution in [3.8, 4) is 16.9 Å². The van der Waals surface area contributed by atoms with Crippen molar-refractivity contribution in [3.05, 3.63) is 53.6 Å². The van der Waals surface area contributed by atoms with E-state index < -0.39 is 5.97 Å². The number of phenolic OH excluding ortho intramolecular Hbond substituents is 1. The van der Waals surface area contributed by atoms with E-state index in [1.165, 1.54) is 25.3 Å². The average Bonchev–Trinajstić information content (AvgIpc) is 3.24. The molecule has 1 amide bonds. The minimum atomic E-state index is -0.921. The van der Waals surface area contributed by atoms with Gasteiger partial charge >= 0.3 is 5.97 Å². The molecule has 5 nitrogen and oxygen atoms in total. The first-order chi connectivity index (χ1) is 13.0. The summed E-state index contributed by atoms with van der Waals surface area (Å²) in [4.78, 5) is 25.9. The first-order valence-electron chi connectivity index (χ1n) is 9.44. The van der Waals surface area contributed by atoms with Crippen molar-refractivity contribution in [2.75, 3.05) is 13.1 Å². The average molecular weight is 365 g/mol. The second kappa shape index (κ2) is 7.06. The van der Waals surface area contributed by atoms with Gasteiger partial charge in [-0.15, -0.1) is 0 Å². The molecule has 1 saturated heterocycles. The lowest BCUT2D eigenvalue weighted by atomic mass is 9.98. The van der Waals surface area contributed by atoms with Crippen molar-refractivity contribution < 1.29 is 19.8 Å². The van der Waals surface area contributed by atoms with Crippen molar-refractivity contribution in [3.63, 3.8) is 0 Å². The van der Waals surface area contributed by atoms with E-state index in [1.807, 2.05) is 17.0 Å². The molecule has 2 aromatic rings. The number of hydrogen-bond donors (Lipinski definition) is 2. The number of nitrogens with zero attached hydrogens (tertiary/aromatic N) is 1. The Hall–Kier alpha value is -2.82. The van der Waals surface area contributed by atoms with Gasteiger partial charge in [0.2, 0.25) is 0 Å². The highest BCUT2D eigenvalue weighted by atomic mass is 16.4. The summed E-state index contributed by atoms with van der Waals surface area (Å²) in [5, 5.41) is 19.2. The van der Waals surface area contributed by atoms with Crippen LogP contribution in [0.4, 0.5) is 0 Å². The number of carbonyl (C=O) groups excluding carboxylic acids is 1. The van der Waals surface area contributed by atoms with Gasteiger partial charge in [0.05, 0.1) is 6.42 Å². The Balaban J connectivity index is 1.59. The summed E-state index contributed by atoms with van der Waals surface area (Å²) in [6.45, 7) is 1.68. The van der Waals surface area contributed by atoms with Crippen LogP contribution in [0.3, 0.4) is 0 Å². The molecule has 0 bridgehead atoms. The van der Waals surface area contributed by atoms with Crippen LogP contribution >= 0.6 is 0 Å². The fourth-order valence-corrected chi connectivity index (χ4v) is 4.50. The molecule has 2 aromatic carbocycles. The maximum Gasteiger partial charge on any atom is 0.307 e. The maximum absolute atomic E-state index is 12.9. The molecule has 5 heteroatoms. The molecule has 1 aliphatic carbocycles. The highest BCUT2D eigenvalue weighted by Gasteiger charge is 2.38. The number of benzene rings is 2. The molecular formula is C22H23NO4. The number of phenols is 1. The van der Waals surface area contributed by atoms with E-state index in [0.29, 0.717) is 34.1 Å². The molecule has 2 atom stereocenters. The molecule has 2 N–H and O–H groups in total. The van der Waals surface area contributed by atoms with Gasteiger partial charge in [-0.25, -0.2) is 0 Å². The van der Waals surface area contributed by atoms with Crippen LogP contribution in [-0.2, 0) is 11.2 Å². The molecule has 2 aliphatic rings. The summed E-state index contributed by atoms with van der Waals surface area (Å²) in [6, 6.07) is 12.0. The highest BCUT2D eigenvalue weighted by molar-refractivity contribution is 5.96. The third kappa shape index (κ3) is 3.54. The molecule has 1 aliphatic heterocycles. The number of carboxylic acid groups (broad SMARTS) is 1. The van der Waals surface area contributed by atoms with Crippen molar-refractivity contribution in [1.29, 1.82) is 0 Å². The second-order valence-corrected chi connectivity index (χ2v) is 7.66. The maximum atomic E-state index is 12.9. The molecule has 0 unspecified atom stereocenters. The Morgan fingerprint density at radius 2 is 1.78 bits per heavy atom. The number of aromatic hydroxyl groups is 1. The lowest BCUT2D eigenvalue weighted by Crippen LogP contribution is -2.29. The molecule has 27 heavy (non-hydrogen) atoms. The van der Waals surface area contributed by atoms with E-state index in [-0.39, 0.29) is 18.1 Å². The zero-order valence-corrected chi connectivity index (χ0v) is 15.1. The minimum Gasteiger partial charge on any atom is -0.507 e. The Morgan fingerprint density at radius 1 is 1.04 bits per heavy atom. The minimum absolute atomic E-state index is 0.0347. The molecule has 0 radical (unpaired) electrons. The van der Waals surface area contributed by atoms with Gasteiger partial charge in [-0.3, -0.25) is 9.59 Å². The van der Waals surface area contributed by atoms with Crippen LogP contribution < -0.4 is 0 Å². The predicted molar refractivity (Wildman–Crippen MR) is 102 cm³/mol. The normalized spacial score (nSPS) is 21.3. The summed E-state index contributed by atoms with van der Waals surface area (Å²) >= 11 is 0. The molecular weight excluding hydrogens is 342 g/mol. The largest absolute Gasteiger partial charge is 0.507 e. The van der Waals surface area contributed by atoms with Gasteiger partial charge < -0.3 is 15.1 Å². The van der Waals surface area contributed by atoms with Crippen LogP contribution in [-0.4, -0.2) is 40.1 Å². The number of aliphatic carboxylic acids is 1. The van der Waals surface area contributed by atoms with Gasteiger partial charge in [0.15, 0.2) is 0 Å². The Morgan fingerprint density at radius 3 is 2.48 bits per heavy atom. The lowest BCUT2D eigenvalue weighted by molar-refractivity contribution is -0.136. The van der Waals surface area contributed by atoms with E-state index >= 15 is 0 Å². The standard InChI is InChI=1S/C22H23NO4/c24-20-8-7-14(10-21(25)26)9-19(20)15-3-1-4-16(11-15)22(27)23-12-17-5-2-6-18(17)13-23/h1,3-4,7-9,11,17-18,24H,2,5-6,10,12-13H2,(H,25,26)/t17-,18+. The smallest absolute Gasteiger partial charge is 0.307 e. The third-order valence-corrected chi connectivity index (χ3v) is 5.85. The van der Waals surface area contributed by atoms with Gasteiger partial charge in [-0.1, -0.05) is 24.6 Å². The first-order valence-corrected chi connectivity index (χ1v) is 9.44. The molecule has 140 valence electrons. The van der Waals surface area contributed by atoms with Crippen LogP contribution in [0.15, 0.2) is 42.5 Å². The van der Waals surface area contributed by atoms with Gasteiger partial charge in [-0.05, 0) is 60.1 Å². The second-order valence-electron chi connectivity index (χ2n) is 7.66. The van der Waals surface area contributed by atoms with Crippen molar-refractivity contribution in [1.82, 2.24) is 4.90 Å². The Bertz CT molecular complexity index is 880. The molecule has 0 spiro atoms. The summed E-state index contributed by atoms with van der Waals surface area (Å²) in [5.74, 6) is 0.481. The molecule has 2 fully saturated rings. The van der Waals surface area contributed by atoms with Crippen LogP contribution in [0.2, 0.25) is 0 Å². The number of amides is 1. The molecule has 1 saturated carbocycles. The van der Waals surface area contributed by atoms with Crippen LogP contribution in [0.1, 0.15) is 35.2 Å². The van der Waals surface area contributed by atoms with Crippen LogP contribution in [0, 0.1) is 11.8 Å². The number of carboxylic acids is 1. The third-order valence-electron chi connectivity index (χ3n) is 5.85.